The molecule has 4 rings (SSSR count). The molecule has 8 heteroatoms. The van der Waals surface area contributed by atoms with Gasteiger partial charge in [-0.2, -0.15) is 0 Å². The Bertz CT molecular complexity index is 1300. The zero-order valence-corrected chi connectivity index (χ0v) is 18.2. The summed E-state index contributed by atoms with van der Waals surface area (Å²) >= 11 is 17.9. The minimum absolute atomic E-state index is 0.000550. The molecule has 158 valence electrons. The molecule has 0 saturated heterocycles. The van der Waals surface area contributed by atoms with E-state index in [0.717, 1.165) is 11.6 Å². The molecular formula is C23H15Cl3O5. The minimum atomic E-state index is -0.467. The molecule has 0 aliphatic rings. The summed E-state index contributed by atoms with van der Waals surface area (Å²) in [5.41, 5.74) is 1.24. The average molecular weight is 478 g/mol. The molecule has 0 fully saturated rings. The first-order valence-corrected chi connectivity index (χ1v) is 10.3. The Labute approximate surface area is 192 Å². The molecule has 0 aliphatic heterocycles. The number of fused-ring (bicyclic) bond motifs is 1. The van der Waals surface area contributed by atoms with Gasteiger partial charge in [0.1, 0.15) is 24.2 Å². The monoisotopic (exact) mass is 476 g/mol. The highest BCUT2D eigenvalue weighted by Crippen LogP contribution is 2.34. The van der Waals surface area contributed by atoms with Gasteiger partial charge in [0.15, 0.2) is 11.5 Å². The number of phenolic OH excluding ortho intramolecular Hbond substituents is 1. The highest BCUT2D eigenvalue weighted by atomic mass is 35.5. The summed E-state index contributed by atoms with van der Waals surface area (Å²) in [6.45, 7) is 0.274. The number of hydrogen-bond acceptors (Lipinski definition) is 5. The Hall–Kier alpha value is -2.86. The van der Waals surface area contributed by atoms with Crippen LogP contribution in [0.15, 0.2) is 69.9 Å². The Morgan fingerprint density at radius 3 is 2.26 bits per heavy atom. The summed E-state index contributed by atoms with van der Waals surface area (Å²) in [6.07, 6.45) is 0. The van der Waals surface area contributed by atoms with E-state index in [4.69, 9.17) is 48.7 Å². The summed E-state index contributed by atoms with van der Waals surface area (Å²) in [5.74, 6) is -0.149. The number of phenols is 1. The topological polar surface area (TPSA) is 68.9 Å². The summed E-state index contributed by atoms with van der Waals surface area (Å²) < 4.78 is 16.8. The molecule has 0 unspecified atom stereocenters. The SMILES string of the molecule is O=c1cc(OCc2cc(Cl)cc(Cl)c2)oc2ccc(OCc3cccc(Cl)c3)c(O)c12. The second-order valence-corrected chi connectivity index (χ2v) is 8.01. The normalized spacial score (nSPS) is 10.9. The number of ether oxygens (including phenoxy) is 2. The summed E-state index contributed by atoms with van der Waals surface area (Å²) in [4.78, 5) is 12.6. The van der Waals surface area contributed by atoms with Crippen molar-refractivity contribution in [2.75, 3.05) is 0 Å². The smallest absolute Gasteiger partial charge is 0.289 e. The quantitative estimate of drug-likeness (QED) is 0.338. The van der Waals surface area contributed by atoms with Crippen LogP contribution in [0.2, 0.25) is 15.1 Å². The Balaban J connectivity index is 1.55. The van der Waals surface area contributed by atoms with Crippen molar-refractivity contribution in [3.05, 3.63) is 97.1 Å². The van der Waals surface area contributed by atoms with Crippen molar-refractivity contribution in [1.82, 2.24) is 0 Å². The second-order valence-electron chi connectivity index (χ2n) is 6.70. The molecule has 0 bridgehead atoms. The van der Waals surface area contributed by atoms with Gasteiger partial charge in [-0.05, 0) is 53.6 Å². The van der Waals surface area contributed by atoms with Gasteiger partial charge in [0.05, 0.1) is 6.07 Å². The lowest BCUT2D eigenvalue weighted by molar-refractivity contribution is 0.235. The van der Waals surface area contributed by atoms with Crippen molar-refractivity contribution in [1.29, 1.82) is 0 Å². The van der Waals surface area contributed by atoms with Gasteiger partial charge in [-0.3, -0.25) is 4.79 Å². The van der Waals surface area contributed by atoms with Crippen molar-refractivity contribution in [3.8, 4) is 17.4 Å². The molecule has 31 heavy (non-hydrogen) atoms. The van der Waals surface area contributed by atoms with Gasteiger partial charge < -0.3 is 19.0 Å². The maximum atomic E-state index is 12.6. The number of hydrogen-bond donors (Lipinski definition) is 1. The summed E-state index contributed by atoms with van der Waals surface area (Å²) in [6, 6.07) is 16.4. The van der Waals surface area contributed by atoms with E-state index in [1.165, 1.54) is 12.1 Å². The Morgan fingerprint density at radius 1 is 0.806 bits per heavy atom. The van der Waals surface area contributed by atoms with E-state index >= 15 is 0 Å². The van der Waals surface area contributed by atoms with Crippen LogP contribution in [0.25, 0.3) is 11.0 Å². The van der Waals surface area contributed by atoms with E-state index in [9.17, 15) is 9.90 Å². The molecule has 0 spiro atoms. The fourth-order valence-corrected chi connectivity index (χ4v) is 3.80. The number of halogens is 3. The van der Waals surface area contributed by atoms with Gasteiger partial charge in [0.2, 0.25) is 5.43 Å². The highest BCUT2D eigenvalue weighted by molar-refractivity contribution is 6.34. The predicted octanol–water partition coefficient (Wildman–Crippen LogP) is 6.62. The number of benzene rings is 3. The third-order valence-electron chi connectivity index (χ3n) is 4.40. The van der Waals surface area contributed by atoms with Gasteiger partial charge in [-0.25, -0.2) is 0 Å². The first-order valence-electron chi connectivity index (χ1n) is 9.14. The van der Waals surface area contributed by atoms with Crippen LogP contribution in [0, 0.1) is 0 Å². The third-order valence-corrected chi connectivity index (χ3v) is 5.07. The third kappa shape index (κ3) is 5.07. The molecule has 0 saturated carbocycles. The van der Waals surface area contributed by atoms with E-state index in [0.29, 0.717) is 20.6 Å². The molecular weight excluding hydrogens is 463 g/mol. The largest absolute Gasteiger partial charge is 0.504 e. The molecule has 4 aromatic rings. The number of aromatic hydroxyl groups is 1. The van der Waals surface area contributed by atoms with Crippen LogP contribution in [0.3, 0.4) is 0 Å². The van der Waals surface area contributed by atoms with E-state index in [-0.39, 0.29) is 41.6 Å². The van der Waals surface area contributed by atoms with Crippen molar-refractivity contribution >= 4 is 45.8 Å². The molecule has 0 atom stereocenters. The Morgan fingerprint density at radius 2 is 1.52 bits per heavy atom. The minimum Gasteiger partial charge on any atom is -0.504 e. The second kappa shape index (κ2) is 9.10. The fraction of sp³-hybridized carbons (Fsp3) is 0.0870. The molecule has 0 amide bonds. The van der Waals surface area contributed by atoms with Gasteiger partial charge in [0.25, 0.3) is 5.95 Å². The van der Waals surface area contributed by atoms with Crippen molar-refractivity contribution in [2.24, 2.45) is 0 Å². The van der Waals surface area contributed by atoms with Crippen LogP contribution in [-0.4, -0.2) is 5.11 Å². The van der Waals surface area contributed by atoms with Crippen LogP contribution in [0.4, 0.5) is 0 Å². The van der Waals surface area contributed by atoms with Crippen LogP contribution < -0.4 is 14.9 Å². The standard InChI is InChI=1S/C23H15Cl3O5/c24-15-3-1-2-13(6-15)11-29-20-5-4-19-22(23(20)28)18(27)10-21(31-19)30-12-14-7-16(25)9-17(26)8-14/h1-10,28H,11-12H2. The van der Waals surface area contributed by atoms with Crippen LogP contribution in [-0.2, 0) is 13.2 Å². The van der Waals surface area contributed by atoms with Crippen LogP contribution in [0.5, 0.6) is 17.4 Å². The lowest BCUT2D eigenvalue weighted by atomic mass is 10.2. The first kappa shape index (κ1) is 21.4. The van der Waals surface area contributed by atoms with Crippen LogP contribution in [0.1, 0.15) is 11.1 Å². The molecule has 1 heterocycles. The van der Waals surface area contributed by atoms with E-state index in [1.54, 1.807) is 36.4 Å². The summed E-state index contributed by atoms with van der Waals surface area (Å²) in [7, 11) is 0. The van der Waals surface area contributed by atoms with Gasteiger partial charge in [0, 0.05) is 15.1 Å². The lowest BCUT2D eigenvalue weighted by Gasteiger charge is -2.11. The molecule has 3 aromatic carbocycles. The first-order chi connectivity index (χ1) is 14.9. The number of rotatable bonds is 6. The van der Waals surface area contributed by atoms with Crippen molar-refractivity contribution in [3.63, 3.8) is 0 Å². The van der Waals surface area contributed by atoms with Crippen molar-refractivity contribution in [2.45, 2.75) is 13.2 Å². The van der Waals surface area contributed by atoms with Crippen molar-refractivity contribution < 1.29 is 19.0 Å². The zero-order chi connectivity index (χ0) is 22.0. The zero-order valence-electron chi connectivity index (χ0n) is 15.9. The molecule has 1 aromatic heterocycles. The lowest BCUT2D eigenvalue weighted by Crippen LogP contribution is -2.04. The van der Waals surface area contributed by atoms with E-state index in [2.05, 4.69) is 0 Å². The average Bonchev–Trinajstić information content (AvgIpc) is 2.71. The molecule has 0 aliphatic carbocycles. The maximum absolute atomic E-state index is 12.6. The molecule has 0 radical (unpaired) electrons. The van der Waals surface area contributed by atoms with Gasteiger partial charge in [-0.15, -0.1) is 0 Å². The van der Waals surface area contributed by atoms with E-state index in [1.807, 2.05) is 6.07 Å². The Kier molecular flexibility index (Phi) is 6.28. The van der Waals surface area contributed by atoms with Gasteiger partial charge >= 0.3 is 0 Å². The predicted molar refractivity (Wildman–Crippen MR) is 121 cm³/mol. The fourth-order valence-electron chi connectivity index (χ4n) is 3.02. The highest BCUT2D eigenvalue weighted by Gasteiger charge is 2.15. The molecule has 1 N–H and O–H groups in total. The summed E-state index contributed by atoms with van der Waals surface area (Å²) in [5, 5.41) is 12.1. The maximum Gasteiger partial charge on any atom is 0.289 e. The van der Waals surface area contributed by atoms with E-state index < -0.39 is 5.43 Å². The molecule has 5 nitrogen and oxygen atoms in total. The van der Waals surface area contributed by atoms with Crippen LogP contribution >= 0.6 is 34.8 Å². The van der Waals surface area contributed by atoms with Gasteiger partial charge in [-0.1, -0.05) is 46.9 Å².